The third kappa shape index (κ3) is 7.10. The van der Waals surface area contributed by atoms with Crippen LogP contribution < -0.4 is 10.6 Å². The van der Waals surface area contributed by atoms with Crippen LogP contribution in [0, 0.1) is 11.8 Å². The van der Waals surface area contributed by atoms with E-state index in [2.05, 4.69) is 10.6 Å². The van der Waals surface area contributed by atoms with Gasteiger partial charge in [0.15, 0.2) is 0 Å². The number of rotatable bonds is 7. The molecule has 3 N–H and O–H groups in total. The van der Waals surface area contributed by atoms with Gasteiger partial charge in [0.25, 0.3) is 0 Å². The molecule has 0 rings (SSSR count). The predicted molar refractivity (Wildman–Crippen MR) is 70.3 cm³/mol. The molecule has 2 unspecified atom stereocenters. The van der Waals surface area contributed by atoms with Gasteiger partial charge < -0.3 is 15.7 Å². The van der Waals surface area contributed by atoms with E-state index in [1.165, 1.54) is 0 Å². The second kappa shape index (κ2) is 8.22. The normalized spacial score (nSPS) is 14.2. The maximum absolute atomic E-state index is 11.4. The second-order valence-electron chi connectivity index (χ2n) is 4.33. The summed E-state index contributed by atoms with van der Waals surface area (Å²) in [7, 11) is 0. The Labute approximate surface area is 107 Å². The van der Waals surface area contributed by atoms with E-state index in [1.54, 1.807) is 11.8 Å². The number of amides is 2. The highest BCUT2D eigenvalue weighted by molar-refractivity contribution is 7.99. The van der Waals surface area contributed by atoms with Gasteiger partial charge in [-0.05, 0) is 12.2 Å². The summed E-state index contributed by atoms with van der Waals surface area (Å²) in [6.45, 7) is 6.40. The molecule has 0 radical (unpaired) electrons. The Morgan fingerprint density at radius 3 is 2.12 bits per heavy atom. The van der Waals surface area contributed by atoms with Crippen molar-refractivity contribution in [1.82, 2.24) is 10.6 Å². The molecule has 0 heterocycles. The van der Waals surface area contributed by atoms with E-state index in [0.29, 0.717) is 11.8 Å². The number of carbonyl (C=O) groups is 2. The number of hydrogen-bond acceptors (Lipinski definition) is 3. The monoisotopic (exact) mass is 262 g/mol. The first kappa shape index (κ1) is 16.1. The number of hydrogen-bond donors (Lipinski definition) is 3. The molecule has 5 nitrogen and oxygen atoms in total. The summed E-state index contributed by atoms with van der Waals surface area (Å²) in [6, 6.07) is -0.308. The van der Waals surface area contributed by atoms with E-state index in [-0.39, 0.29) is 18.5 Å². The Kier molecular flexibility index (Phi) is 7.78. The van der Waals surface area contributed by atoms with Crippen molar-refractivity contribution in [1.29, 1.82) is 0 Å². The first-order chi connectivity index (χ1) is 7.88. The van der Waals surface area contributed by atoms with Crippen LogP contribution in [-0.2, 0) is 4.79 Å². The lowest BCUT2D eigenvalue weighted by molar-refractivity contribution is -0.142. The lowest BCUT2D eigenvalue weighted by Gasteiger charge is -2.17. The van der Waals surface area contributed by atoms with Crippen molar-refractivity contribution in [3.63, 3.8) is 0 Å². The average molecular weight is 262 g/mol. The number of nitrogens with one attached hydrogen (secondary N) is 2. The van der Waals surface area contributed by atoms with E-state index in [1.807, 2.05) is 27.0 Å². The molecule has 0 aromatic carbocycles. The number of carboxylic acids is 1. The van der Waals surface area contributed by atoms with Crippen LogP contribution in [0.5, 0.6) is 0 Å². The maximum atomic E-state index is 11.4. The van der Waals surface area contributed by atoms with Crippen molar-refractivity contribution in [2.24, 2.45) is 11.8 Å². The fraction of sp³-hybridized carbons (Fsp3) is 0.818. The SMILES string of the molecule is CSC(C)CNC(=O)NCC(C(=O)O)C(C)C. The fourth-order valence-electron chi connectivity index (χ4n) is 1.19. The van der Waals surface area contributed by atoms with Crippen LogP contribution >= 0.6 is 11.8 Å². The molecule has 0 aromatic rings. The summed E-state index contributed by atoms with van der Waals surface area (Å²) in [5, 5.41) is 14.6. The van der Waals surface area contributed by atoms with Crippen LogP contribution in [0.15, 0.2) is 0 Å². The van der Waals surface area contributed by atoms with Crippen molar-refractivity contribution >= 4 is 23.8 Å². The Bertz CT molecular complexity index is 259. The highest BCUT2D eigenvalue weighted by atomic mass is 32.2. The van der Waals surface area contributed by atoms with E-state index in [0.717, 1.165) is 0 Å². The van der Waals surface area contributed by atoms with Crippen molar-refractivity contribution in [2.45, 2.75) is 26.0 Å². The molecule has 17 heavy (non-hydrogen) atoms. The van der Waals surface area contributed by atoms with Crippen LogP contribution in [0.2, 0.25) is 0 Å². The summed E-state index contributed by atoms with van der Waals surface area (Å²) >= 11 is 1.66. The molecule has 6 heteroatoms. The lowest BCUT2D eigenvalue weighted by Crippen LogP contribution is -2.42. The van der Waals surface area contributed by atoms with Gasteiger partial charge in [0.2, 0.25) is 0 Å². The zero-order chi connectivity index (χ0) is 13.4. The number of aliphatic carboxylic acids is 1. The molecule has 0 saturated heterocycles. The Hall–Kier alpha value is -0.910. The molecular weight excluding hydrogens is 240 g/mol. The van der Waals surface area contributed by atoms with Gasteiger partial charge in [-0.15, -0.1) is 0 Å². The van der Waals surface area contributed by atoms with Crippen molar-refractivity contribution in [3.05, 3.63) is 0 Å². The number of carboxylic acid groups (broad SMARTS) is 1. The molecular formula is C11H22N2O3S. The van der Waals surface area contributed by atoms with Crippen LogP contribution in [0.3, 0.4) is 0 Å². The van der Waals surface area contributed by atoms with Crippen molar-refractivity contribution < 1.29 is 14.7 Å². The molecule has 2 atom stereocenters. The third-order valence-corrected chi connectivity index (χ3v) is 3.53. The predicted octanol–water partition coefficient (Wildman–Crippen LogP) is 1.39. The summed E-state index contributed by atoms with van der Waals surface area (Å²) in [6.07, 6.45) is 1.98. The van der Waals surface area contributed by atoms with Gasteiger partial charge in [-0.25, -0.2) is 4.79 Å². The van der Waals surface area contributed by atoms with Crippen LogP contribution in [-0.4, -0.2) is 41.7 Å². The van der Waals surface area contributed by atoms with Gasteiger partial charge >= 0.3 is 12.0 Å². The zero-order valence-corrected chi connectivity index (χ0v) is 11.6. The summed E-state index contributed by atoms with van der Waals surface area (Å²) in [5.41, 5.74) is 0. The van der Waals surface area contributed by atoms with Crippen LogP contribution in [0.1, 0.15) is 20.8 Å². The van der Waals surface area contributed by atoms with E-state index in [9.17, 15) is 9.59 Å². The highest BCUT2D eigenvalue weighted by Crippen LogP contribution is 2.09. The molecule has 0 spiro atoms. The summed E-state index contributed by atoms with van der Waals surface area (Å²) in [5.74, 6) is -1.42. The molecule has 0 aliphatic heterocycles. The van der Waals surface area contributed by atoms with Gasteiger partial charge in [-0.2, -0.15) is 11.8 Å². The molecule has 0 aliphatic rings. The zero-order valence-electron chi connectivity index (χ0n) is 10.8. The molecule has 2 amide bonds. The highest BCUT2D eigenvalue weighted by Gasteiger charge is 2.21. The van der Waals surface area contributed by atoms with Crippen molar-refractivity contribution in [3.8, 4) is 0 Å². The molecule has 0 aromatic heterocycles. The van der Waals surface area contributed by atoms with E-state index in [4.69, 9.17) is 5.11 Å². The third-order valence-electron chi connectivity index (χ3n) is 2.56. The van der Waals surface area contributed by atoms with Gasteiger partial charge in [-0.3, -0.25) is 4.79 Å². The Morgan fingerprint density at radius 1 is 1.18 bits per heavy atom. The van der Waals surface area contributed by atoms with Gasteiger partial charge in [-0.1, -0.05) is 20.8 Å². The summed E-state index contributed by atoms with van der Waals surface area (Å²) < 4.78 is 0. The van der Waals surface area contributed by atoms with Gasteiger partial charge in [0, 0.05) is 18.3 Å². The van der Waals surface area contributed by atoms with E-state index >= 15 is 0 Å². The van der Waals surface area contributed by atoms with Crippen LogP contribution in [0.4, 0.5) is 4.79 Å². The smallest absolute Gasteiger partial charge is 0.314 e. The van der Waals surface area contributed by atoms with E-state index < -0.39 is 11.9 Å². The number of thioether (sulfide) groups is 1. The molecule has 0 aliphatic carbocycles. The standard InChI is InChI=1S/C11H22N2O3S/c1-7(2)9(10(14)15)6-13-11(16)12-5-8(3)17-4/h7-9H,5-6H2,1-4H3,(H,14,15)(H2,12,13,16). The van der Waals surface area contributed by atoms with Crippen LogP contribution in [0.25, 0.3) is 0 Å². The Morgan fingerprint density at radius 2 is 1.71 bits per heavy atom. The fourth-order valence-corrected chi connectivity index (χ4v) is 1.44. The van der Waals surface area contributed by atoms with Gasteiger partial charge in [0.1, 0.15) is 0 Å². The first-order valence-corrected chi connectivity index (χ1v) is 6.94. The topological polar surface area (TPSA) is 78.4 Å². The first-order valence-electron chi connectivity index (χ1n) is 5.65. The minimum absolute atomic E-state index is 0.00193. The summed E-state index contributed by atoms with van der Waals surface area (Å²) in [4.78, 5) is 22.3. The number of urea groups is 1. The lowest BCUT2D eigenvalue weighted by atomic mass is 9.96. The minimum atomic E-state index is -0.877. The second-order valence-corrected chi connectivity index (χ2v) is 5.60. The maximum Gasteiger partial charge on any atom is 0.314 e. The number of carbonyl (C=O) groups excluding carboxylic acids is 1. The molecule has 0 bridgehead atoms. The molecule has 100 valence electrons. The average Bonchev–Trinajstić information content (AvgIpc) is 2.25. The minimum Gasteiger partial charge on any atom is -0.481 e. The molecule has 0 fully saturated rings. The largest absolute Gasteiger partial charge is 0.481 e. The van der Waals surface area contributed by atoms with Crippen molar-refractivity contribution in [2.75, 3.05) is 19.3 Å². The molecule has 0 saturated carbocycles. The quantitative estimate of drug-likeness (QED) is 0.648. The Balaban J connectivity index is 3.93. The van der Waals surface area contributed by atoms with Gasteiger partial charge in [0.05, 0.1) is 5.92 Å².